The maximum absolute atomic E-state index is 12.0. The zero-order chi connectivity index (χ0) is 14.5. The van der Waals surface area contributed by atoms with Gasteiger partial charge in [0.2, 0.25) is 0 Å². The summed E-state index contributed by atoms with van der Waals surface area (Å²) in [6.45, 7) is 5.30. The number of carbonyl (C=O) groups is 2. The highest BCUT2D eigenvalue weighted by Gasteiger charge is 2.18. The van der Waals surface area contributed by atoms with E-state index in [9.17, 15) is 9.59 Å². The highest BCUT2D eigenvalue weighted by atomic mass is 16.5. The number of rotatable bonds is 6. The monoisotopic (exact) mass is 278 g/mol. The van der Waals surface area contributed by atoms with Crippen molar-refractivity contribution in [1.29, 1.82) is 0 Å². The molecule has 5 heteroatoms. The summed E-state index contributed by atoms with van der Waals surface area (Å²) in [4.78, 5) is 26.7. The Hall–Kier alpha value is -1.62. The Kier molecular flexibility index (Phi) is 4.95. The van der Waals surface area contributed by atoms with Gasteiger partial charge in [0.1, 0.15) is 5.69 Å². The topological polar surface area (TPSA) is 71.2 Å². The zero-order valence-corrected chi connectivity index (χ0v) is 12.1. The zero-order valence-electron chi connectivity index (χ0n) is 12.1. The minimum atomic E-state index is -0.191. The van der Waals surface area contributed by atoms with E-state index in [-0.39, 0.29) is 17.8 Å². The van der Waals surface area contributed by atoms with Crippen LogP contribution in [0.25, 0.3) is 0 Å². The molecule has 2 N–H and O–H groups in total. The fraction of sp³-hybridized carbons (Fsp3) is 0.600. The lowest BCUT2D eigenvalue weighted by atomic mass is 10.0. The molecule has 1 fully saturated rings. The summed E-state index contributed by atoms with van der Waals surface area (Å²) in [6.07, 6.45) is 4.26. The van der Waals surface area contributed by atoms with E-state index in [2.05, 4.69) is 10.3 Å². The van der Waals surface area contributed by atoms with Crippen LogP contribution in [0.1, 0.15) is 54.0 Å². The summed E-state index contributed by atoms with van der Waals surface area (Å²) in [5.41, 5.74) is 0.996. The number of H-pyrrole nitrogens is 1. The number of amides is 1. The Morgan fingerprint density at radius 1 is 1.50 bits per heavy atom. The quantitative estimate of drug-likeness (QED) is 0.783. The van der Waals surface area contributed by atoms with Crippen molar-refractivity contribution in [1.82, 2.24) is 10.3 Å². The average Bonchev–Trinajstić information content (AvgIpc) is 3.06. The van der Waals surface area contributed by atoms with Gasteiger partial charge < -0.3 is 15.0 Å². The molecule has 1 amide bonds. The number of carbonyl (C=O) groups excluding carboxylic acids is 2. The molecule has 0 unspecified atom stereocenters. The summed E-state index contributed by atoms with van der Waals surface area (Å²) in [6, 6.07) is 1.62. The summed E-state index contributed by atoms with van der Waals surface area (Å²) in [5.74, 6) is 0.188. The van der Waals surface area contributed by atoms with Crippen LogP contribution in [0.4, 0.5) is 0 Å². The molecule has 0 radical (unpaired) electrons. The van der Waals surface area contributed by atoms with E-state index in [4.69, 9.17) is 4.74 Å². The molecule has 5 nitrogen and oxygen atoms in total. The summed E-state index contributed by atoms with van der Waals surface area (Å²) in [5, 5.41) is 2.83. The molecule has 1 saturated heterocycles. The molecular weight excluding hydrogens is 256 g/mol. The summed E-state index contributed by atoms with van der Waals surface area (Å²) >= 11 is 0. The summed E-state index contributed by atoms with van der Waals surface area (Å²) in [7, 11) is 0. The second-order valence-electron chi connectivity index (χ2n) is 5.67. The molecule has 1 aromatic heterocycles. The van der Waals surface area contributed by atoms with Gasteiger partial charge in [0.05, 0.1) is 6.10 Å². The third kappa shape index (κ3) is 3.93. The number of aromatic amines is 1. The van der Waals surface area contributed by atoms with Crippen LogP contribution in [0.5, 0.6) is 0 Å². The van der Waals surface area contributed by atoms with Gasteiger partial charge in [0.15, 0.2) is 5.78 Å². The Morgan fingerprint density at radius 2 is 2.30 bits per heavy atom. The first-order chi connectivity index (χ1) is 9.56. The third-order valence-electron chi connectivity index (χ3n) is 3.36. The predicted molar refractivity (Wildman–Crippen MR) is 75.9 cm³/mol. The van der Waals surface area contributed by atoms with E-state index >= 15 is 0 Å². The van der Waals surface area contributed by atoms with Crippen LogP contribution in [-0.4, -0.2) is 35.9 Å². The SMILES string of the molecule is CC(C)CC(=O)c1c[nH]c(C(=O)NC[C@@H]2CCCO2)c1. The second kappa shape index (κ2) is 6.70. The molecule has 2 heterocycles. The number of hydrogen-bond donors (Lipinski definition) is 2. The fourth-order valence-corrected chi connectivity index (χ4v) is 2.28. The van der Waals surface area contributed by atoms with Gasteiger partial charge in [-0.2, -0.15) is 0 Å². The van der Waals surface area contributed by atoms with E-state index < -0.39 is 0 Å². The Morgan fingerprint density at radius 3 is 2.95 bits per heavy atom. The number of aromatic nitrogens is 1. The lowest BCUT2D eigenvalue weighted by Gasteiger charge is -2.09. The standard InChI is InChI=1S/C15H22N2O3/c1-10(2)6-14(18)11-7-13(16-8-11)15(19)17-9-12-4-3-5-20-12/h7-8,10,12,16H,3-6,9H2,1-2H3,(H,17,19)/t12-/m0/s1. The highest BCUT2D eigenvalue weighted by molar-refractivity contribution is 6.00. The maximum Gasteiger partial charge on any atom is 0.267 e. The van der Waals surface area contributed by atoms with E-state index in [0.717, 1.165) is 19.4 Å². The molecule has 2 rings (SSSR count). The molecular formula is C15H22N2O3. The van der Waals surface area contributed by atoms with Crippen LogP contribution >= 0.6 is 0 Å². The molecule has 1 aliphatic heterocycles. The van der Waals surface area contributed by atoms with Crippen molar-refractivity contribution in [2.45, 2.75) is 39.2 Å². The van der Waals surface area contributed by atoms with Crippen LogP contribution in [-0.2, 0) is 4.74 Å². The largest absolute Gasteiger partial charge is 0.376 e. The van der Waals surface area contributed by atoms with Gasteiger partial charge >= 0.3 is 0 Å². The van der Waals surface area contributed by atoms with Gasteiger partial charge in [-0.15, -0.1) is 0 Å². The first-order valence-corrected chi connectivity index (χ1v) is 7.17. The minimum Gasteiger partial charge on any atom is -0.376 e. The van der Waals surface area contributed by atoms with Gasteiger partial charge in [-0.25, -0.2) is 0 Å². The lowest BCUT2D eigenvalue weighted by molar-refractivity contribution is 0.0854. The third-order valence-corrected chi connectivity index (χ3v) is 3.36. The van der Waals surface area contributed by atoms with Crippen LogP contribution in [0, 0.1) is 5.92 Å². The Balaban J connectivity index is 1.87. The van der Waals surface area contributed by atoms with Crippen LogP contribution in [0.2, 0.25) is 0 Å². The van der Waals surface area contributed by atoms with Crippen molar-refractivity contribution in [3.63, 3.8) is 0 Å². The molecule has 0 aliphatic carbocycles. The van der Waals surface area contributed by atoms with Gasteiger partial charge in [-0.1, -0.05) is 13.8 Å². The molecule has 1 aliphatic rings. The summed E-state index contributed by atoms with van der Waals surface area (Å²) < 4.78 is 5.45. The molecule has 0 spiro atoms. The minimum absolute atomic E-state index is 0.0643. The van der Waals surface area contributed by atoms with E-state index in [1.807, 2.05) is 13.8 Å². The predicted octanol–water partition coefficient (Wildman–Crippen LogP) is 2.15. The van der Waals surface area contributed by atoms with Gasteiger partial charge in [-0.3, -0.25) is 9.59 Å². The normalized spacial score (nSPS) is 18.4. The van der Waals surface area contributed by atoms with Crippen molar-refractivity contribution in [3.05, 3.63) is 23.5 Å². The van der Waals surface area contributed by atoms with Crippen molar-refractivity contribution >= 4 is 11.7 Å². The average molecular weight is 278 g/mol. The Labute approximate surface area is 119 Å². The molecule has 1 atom stereocenters. The van der Waals surface area contributed by atoms with E-state index in [1.54, 1.807) is 12.3 Å². The molecule has 1 aromatic rings. The van der Waals surface area contributed by atoms with E-state index in [0.29, 0.717) is 30.1 Å². The number of Topliss-reactive ketones (excluding diaryl/α,β-unsaturated/α-hetero) is 1. The molecule has 20 heavy (non-hydrogen) atoms. The van der Waals surface area contributed by atoms with Crippen molar-refractivity contribution in [3.8, 4) is 0 Å². The van der Waals surface area contributed by atoms with Crippen molar-refractivity contribution in [2.24, 2.45) is 5.92 Å². The smallest absolute Gasteiger partial charge is 0.267 e. The van der Waals surface area contributed by atoms with Gasteiger partial charge in [0, 0.05) is 31.3 Å². The first kappa shape index (κ1) is 14.8. The van der Waals surface area contributed by atoms with Gasteiger partial charge in [0.25, 0.3) is 5.91 Å². The molecule has 0 aromatic carbocycles. The molecule has 110 valence electrons. The maximum atomic E-state index is 12.0. The molecule has 0 bridgehead atoms. The number of nitrogens with one attached hydrogen (secondary N) is 2. The number of hydrogen-bond acceptors (Lipinski definition) is 3. The fourth-order valence-electron chi connectivity index (χ4n) is 2.28. The van der Waals surface area contributed by atoms with E-state index in [1.165, 1.54) is 0 Å². The van der Waals surface area contributed by atoms with Crippen LogP contribution < -0.4 is 5.32 Å². The Bertz CT molecular complexity index is 473. The van der Waals surface area contributed by atoms with Crippen LogP contribution in [0.15, 0.2) is 12.3 Å². The molecule has 0 saturated carbocycles. The first-order valence-electron chi connectivity index (χ1n) is 7.17. The number of ether oxygens (including phenoxy) is 1. The van der Waals surface area contributed by atoms with Crippen LogP contribution in [0.3, 0.4) is 0 Å². The highest BCUT2D eigenvalue weighted by Crippen LogP contribution is 2.12. The second-order valence-corrected chi connectivity index (χ2v) is 5.67. The van der Waals surface area contributed by atoms with Crippen molar-refractivity contribution < 1.29 is 14.3 Å². The van der Waals surface area contributed by atoms with Gasteiger partial charge in [-0.05, 0) is 24.8 Å². The number of ketones is 1. The van der Waals surface area contributed by atoms with Crippen molar-refractivity contribution in [2.75, 3.05) is 13.2 Å². The lowest BCUT2D eigenvalue weighted by Crippen LogP contribution is -2.31.